The molecule has 0 spiro atoms. The van der Waals surface area contributed by atoms with Crippen LogP contribution in [0.25, 0.3) is 10.8 Å². The number of halogens is 2. The third-order valence-corrected chi connectivity index (χ3v) is 2.53. The van der Waals surface area contributed by atoms with Crippen molar-refractivity contribution in [3.05, 3.63) is 34.1 Å². The van der Waals surface area contributed by atoms with Gasteiger partial charge in [0.25, 0.3) is 0 Å². The lowest BCUT2D eigenvalue weighted by molar-refractivity contribution is 0.100. The van der Waals surface area contributed by atoms with Crippen molar-refractivity contribution in [3.63, 3.8) is 0 Å². The van der Waals surface area contributed by atoms with Gasteiger partial charge in [0.05, 0.1) is 0 Å². The third-order valence-electron chi connectivity index (χ3n) is 1.97. The minimum atomic E-state index is -0.527. The van der Waals surface area contributed by atoms with Gasteiger partial charge >= 0.3 is 0 Å². The number of hydrogen-bond acceptors (Lipinski definition) is 3. The first-order valence-corrected chi connectivity index (χ1v) is 4.76. The molecule has 76 valence electrons. The molecule has 1 aromatic carbocycles. The summed E-state index contributed by atoms with van der Waals surface area (Å²) in [5.74, 6) is -0.527. The second-order valence-electron chi connectivity index (χ2n) is 2.91. The summed E-state index contributed by atoms with van der Waals surface area (Å²) >= 11 is 11.6. The molecule has 15 heavy (non-hydrogen) atoms. The number of rotatable bonds is 1. The first kappa shape index (κ1) is 10.1. The van der Waals surface area contributed by atoms with E-state index in [9.17, 15) is 4.79 Å². The van der Waals surface area contributed by atoms with E-state index in [1.807, 2.05) is 0 Å². The smallest absolute Gasteiger partial charge is 0.248 e. The highest BCUT2D eigenvalue weighted by Crippen LogP contribution is 2.26. The fourth-order valence-electron chi connectivity index (χ4n) is 1.24. The topological polar surface area (TPSA) is 68.9 Å². The maximum atomic E-state index is 11.0. The summed E-state index contributed by atoms with van der Waals surface area (Å²) in [7, 11) is 0. The maximum Gasteiger partial charge on any atom is 0.248 e. The molecule has 0 fully saturated rings. The summed E-state index contributed by atoms with van der Waals surface area (Å²) in [6.45, 7) is 0. The van der Waals surface area contributed by atoms with Crippen molar-refractivity contribution in [2.24, 2.45) is 5.73 Å². The lowest BCUT2D eigenvalue weighted by Crippen LogP contribution is -2.10. The van der Waals surface area contributed by atoms with Crippen molar-refractivity contribution >= 4 is 39.9 Å². The van der Waals surface area contributed by atoms with Crippen LogP contribution in [0.3, 0.4) is 0 Å². The molecule has 0 aliphatic carbocycles. The molecule has 0 saturated heterocycles. The predicted molar refractivity (Wildman–Crippen MR) is 58.1 cm³/mol. The predicted octanol–water partition coefficient (Wildman–Crippen LogP) is 2.04. The van der Waals surface area contributed by atoms with Crippen LogP contribution in [-0.2, 0) is 0 Å². The van der Waals surface area contributed by atoms with Crippen LogP contribution in [0.2, 0.25) is 10.3 Å². The Kier molecular flexibility index (Phi) is 2.46. The van der Waals surface area contributed by atoms with Gasteiger partial charge in [0.1, 0.15) is 0 Å². The molecule has 0 saturated carbocycles. The van der Waals surface area contributed by atoms with E-state index in [-0.39, 0.29) is 10.3 Å². The number of fused-ring (bicyclic) bond motifs is 1. The Labute approximate surface area is 95.0 Å². The Morgan fingerprint density at radius 1 is 1.13 bits per heavy atom. The van der Waals surface area contributed by atoms with Gasteiger partial charge in [-0.15, -0.1) is 10.2 Å². The molecular weight excluding hydrogens is 237 g/mol. The molecular formula is C9H5Cl2N3O. The molecule has 0 atom stereocenters. The second kappa shape index (κ2) is 3.64. The number of nitrogens with zero attached hydrogens (tertiary/aromatic N) is 2. The summed E-state index contributed by atoms with van der Waals surface area (Å²) < 4.78 is 0. The van der Waals surface area contributed by atoms with E-state index >= 15 is 0 Å². The highest BCUT2D eigenvalue weighted by atomic mass is 35.5. The van der Waals surface area contributed by atoms with Crippen LogP contribution in [0.1, 0.15) is 10.4 Å². The van der Waals surface area contributed by atoms with Crippen molar-refractivity contribution in [2.75, 3.05) is 0 Å². The minimum absolute atomic E-state index is 0.192. The van der Waals surface area contributed by atoms with E-state index in [2.05, 4.69) is 10.2 Å². The van der Waals surface area contributed by atoms with E-state index in [4.69, 9.17) is 28.9 Å². The van der Waals surface area contributed by atoms with E-state index in [0.29, 0.717) is 16.3 Å². The second-order valence-corrected chi connectivity index (χ2v) is 3.62. The highest BCUT2D eigenvalue weighted by Gasteiger charge is 2.08. The monoisotopic (exact) mass is 241 g/mol. The Bertz CT molecular complexity index is 556. The fraction of sp³-hybridized carbons (Fsp3) is 0. The van der Waals surface area contributed by atoms with Crippen molar-refractivity contribution < 1.29 is 4.79 Å². The average molecular weight is 242 g/mol. The summed E-state index contributed by atoms with van der Waals surface area (Å²) in [6.07, 6.45) is 0. The molecule has 2 aromatic rings. The van der Waals surface area contributed by atoms with Crippen LogP contribution in [0.15, 0.2) is 18.2 Å². The molecule has 0 bridgehead atoms. The number of primary amides is 1. The third kappa shape index (κ3) is 1.73. The van der Waals surface area contributed by atoms with Gasteiger partial charge < -0.3 is 5.73 Å². The number of carbonyl (C=O) groups excluding carboxylic acids is 1. The Hall–Kier alpha value is -1.39. The quantitative estimate of drug-likeness (QED) is 0.831. The largest absolute Gasteiger partial charge is 0.366 e. The van der Waals surface area contributed by atoms with E-state index in [1.54, 1.807) is 18.2 Å². The summed E-state index contributed by atoms with van der Waals surface area (Å²) in [5, 5.41) is 8.92. The summed E-state index contributed by atoms with van der Waals surface area (Å²) in [4.78, 5) is 11.0. The first-order chi connectivity index (χ1) is 7.09. The Morgan fingerprint density at radius 2 is 1.73 bits per heavy atom. The van der Waals surface area contributed by atoms with Gasteiger partial charge in [0, 0.05) is 16.3 Å². The Balaban J connectivity index is 2.81. The number of carbonyl (C=O) groups is 1. The molecule has 4 nitrogen and oxygen atoms in total. The fourth-order valence-corrected chi connectivity index (χ4v) is 1.64. The summed E-state index contributed by atoms with van der Waals surface area (Å²) in [6, 6.07) is 4.74. The van der Waals surface area contributed by atoms with Crippen molar-refractivity contribution in [2.45, 2.75) is 0 Å². The van der Waals surface area contributed by atoms with Gasteiger partial charge in [-0.1, -0.05) is 29.3 Å². The number of amides is 1. The van der Waals surface area contributed by atoms with Crippen LogP contribution in [0.4, 0.5) is 0 Å². The van der Waals surface area contributed by atoms with E-state index in [1.165, 1.54) is 0 Å². The van der Waals surface area contributed by atoms with Crippen LogP contribution >= 0.6 is 23.2 Å². The molecule has 0 aliphatic heterocycles. The molecule has 6 heteroatoms. The van der Waals surface area contributed by atoms with Crippen LogP contribution in [0.5, 0.6) is 0 Å². The normalized spacial score (nSPS) is 10.5. The molecule has 0 aliphatic rings. The van der Waals surface area contributed by atoms with Crippen LogP contribution in [-0.4, -0.2) is 16.1 Å². The lowest BCUT2D eigenvalue weighted by Gasteiger charge is -2.02. The molecule has 1 heterocycles. The zero-order valence-corrected chi connectivity index (χ0v) is 8.88. The molecule has 0 radical (unpaired) electrons. The van der Waals surface area contributed by atoms with Gasteiger partial charge in [-0.25, -0.2) is 0 Å². The molecule has 1 amide bonds. The van der Waals surface area contributed by atoms with Gasteiger partial charge in [0.15, 0.2) is 10.3 Å². The van der Waals surface area contributed by atoms with Crippen LogP contribution < -0.4 is 5.73 Å². The zero-order chi connectivity index (χ0) is 11.0. The van der Waals surface area contributed by atoms with E-state index < -0.39 is 5.91 Å². The van der Waals surface area contributed by atoms with Crippen molar-refractivity contribution in [1.29, 1.82) is 0 Å². The van der Waals surface area contributed by atoms with Gasteiger partial charge in [-0.05, 0) is 12.1 Å². The van der Waals surface area contributed by atoms with Gasteiger partial charge in [-0.3, -0.25) is 4.79 Å². The van der Waals surface area contributed by atoms with Crippen molar-refractivity contribution in [1.82, 2.24) is 10.2 Å². The SMILES string of the molecule is NC(=O)c1ccc2c(Cl)nnc(Cl)c2c1. The van der Waals surface area contributed by atoms with Gasteiger partial charge in [-0.2, -0.15) is 0 Å². The van der Waals surface area contributed by atoms with Gasteiger partial charge in [0.2, 0.25) is 5.91 Å². The average Bonchev–Trinajstić information content (AvgIpc) is 2.23. The zero-order valence-electron chi connectivity index (χ0n) is 7.37. The first-order valence-electron chi connectivity index (χ1n) is 4.01. The maximum absolute atomic E-state index is 11.0. The Morgan fingerprint density at radius 3 is 2.33 bits per heavy atom. The molecule has 1 aromatic heterocycles. The number of hydrogen-bond donors (Lipinski definition) is 1. The standard InChI is InChI=1S/C9H5Cl2N3O/c10-7-5-2-1-4(9(12)15)3-6(5)8(11)14-13-7/h1-3H,(H2,12,15). The number of nitrogens with two attached hydrogens (primary N) is 1. The molecule has 2 rings (SSSR count). The number of aromatic nitrogens is 2. The lowest BCUT2D eigenvalue weighted by atomic mass is 10.1. The van der Waals surface area contributed by atoms with Crippen molar-refractivity contribution in [3.8, 4) is 0 Å². The summed E-state index contributed by atoms with van der Waals surface area (Å²) in [5.41, 5.74) is 5.50. The number of benzene rings is 1. The van der Waals surface area contributed by atoms with Crippen LogP contribution in [0, 0.1) is 0 Å². The molecule has 0 unspecified atom stereocenters. The minimum Gasteiger partial charge on any atom is -0.366 e. The highest BCUT2D eigenvalue weighted by molar-refractivity contribution is 6.38. The molecule has 2 N–H and O–H groups in total. The van der Waals surface area contributed by atoms with E-state index in [0.717, 1.165) is 0 Å².